The number of hydrazine groups is 1. The second-order valence-corrected chi connectivity index (χ2v) is 7.19. The van der Waals surface area contributed by atoms with Gasteiger partial charge in [0.15, 0.2) is 0 Å². The van der Waals surface area contributed by atoms with Crippen LogP contribution in [0.1, 0.15) is 24.8 Å². The van der Waals surface area contributed by atoms with Crippen molar-refractivity contribution < 1.29 is 4.79 Å². The number of nitrogens with one attached hydrogen (secondary N) is 3. The number of thiazole rings is 1. The molecule has 0 saturated carbocycles. The summed E-state index contributed by atoms with van der Waals surface area (Å²) in [6.07, 6.45) is 1.30. The average Bonchev–Trinajstić information content (AvgIpc) is 3.13. The molecule has 0 aliphatic carbocycles. The minimum Gasteiger partial charge on any atom is -0.356 e. The Kier molecular flexibility index (Phi) is 6.60. The quantitative estimate of drug-likeness (QED) is 0.306. The Hall–Kier alpha value is -3.37. The maximum Gasteiger partial charge on any atom is 0.216 e. The van der Waals surface area contributed by atoms with Crippen molar-refractivity contribution in [3.63, 3.8) is 0 Å². The van der Waals surface area contributed by atoms with E-state index in [1.165, 1.54) is 18.3 Å². The van der Waals surface area contributed by atoms with E-state index in [-0.39, 0.29) is 5.91 Å². The van der Waals surface area contributed by atoms with Gasteiger partial charge in [-0.3, -0.25) is 4.79 Å². The summed E-state index contributed by atoms with van der Waals surface area (Å²) in [7, 11) is 0. The van der Waals surface area contributed by atoms with Crippen molar-refractivity contribution in [2.45, 2.75) is 19.8 Å². The number of allylic oxidation sites excluding steroid dienone is 2. The van der Waals surface area contributed by atoms with Crippen LogP contribution in [0, 0.1) is 11.3 Å². The monoisotopic (exact) mass is 391 g/mol. The standard InChI is InChI=1S/C21H21N5OS/c1-15(27)23-13-7-11-18(26-25-16-8-3-2-4-9-16)17(14-22)21-24-19-10-5-6-12-20(19)28-21/h2-6,8-10,12,25-26H,7,11,13H2,1H3,(H,23,27)/b18-17+. The van der Waals surface area contributed by atoms with Gasteiger partial charge in [-0.15, -0.1) is 11.3 Å². The Morgan fingerprint density at radius 1 is 1.14 bits per heavy atom. The zero-order valence-electron chi connectivity index (χ0n) is 15.5. The molecule has 2 aromatic carbocycles. The summed E-state index contributed by atoms with van der Waals surface area (Å²) < 4.78 is 1.04. The summed E-state index contributed by atoms with van der Waals surface area (Å²) >= 11 is 1.50. The van der Waals surface area contributed by atoms with Crippen LogP contribution in [0.2, 0.25) is 0 Å². The highest BCUT2D eigenvalue weighted by atomic mass is 32.1. The van der Waals surface area contributed by atoms with Gasteiger partial charge in [0.2, 0.25) is 5.91 Å². The Bertz CT molecular complexity index is 987. The van der Waals surface area contributed by atoms with Crippen LogP contribution in [0.3, 0.4) is 0 Å². The predicted molar refractivity (Wildman–Crippen MR) is 113 cm³/mol. The van der Waals surface area contributed by atoms with Gasteiger partial charge in [0, 0.05) is 13.5 Å². The number of benzene rings is 2. The zero-order chi connectivity index (χ0) is 19.8. The first kappa shape index (κ1) is 19.4. The number of para-hydroxylation sites is 2. The lowest BCUT2D eigenvalue weighted by molar-refractivity contribution is -0.118. The highest BCUT2D eigenvalue weighted by Gasteiger charge is 2.14. The molecular weight excluding hydrogens is 370 g/mol. The van der Waals surface area contributed by atoms with Crippen molar-refractivity contribution in [2.75, 3.05) is 12.0 Å². The summed E-state index contributed by atoms with van der Waals surface area (Å²) in [4.78, 5) is 15.7. The minimum atomic E-state index is -0.0624. The molecule has 0 radical (unpaired) electrons. The average molecular weight is 392 g/mol. The lowest BCUT2D eigenvalue weighted by atomic mass is 10.1. The van der Waals surface area contributed by atoms with Crippen LogP contribution in [0.5, 0.6) is 0 Å². The molecule has 3 N–H and O–H groups in total. The topological polar surface area (TPSA) is 89.8 Å². The number of fused-ring (bicyclic) bond motifs is 1. The Morgan fingerprint density at radius 2 is 1.89 bits per heavy atom. The molecule has 3 rings (SSSR count). The van der Waals surface area contributed by atoms with Crippen LogP contribution in [-0.2, 0) is 4.79 Å². The van der Waals surface area contributed by atoms with E-state index >= 15 is 0 Å². The highest BCUT2D eigenvalue weighted by molar-refractivity contribution is 7.19. The van der Waals surface area contributed by atoms with E-state index in [1.54, 1.807) is 0 Å². The molecule has 0 bridgehead atoms. The van der Waals surface area contributed by atoms with E-state index in [4.69, 9.17) is 0 Å². The van der Waals surface area contributed by atoms with Crippen molar-refractivity contribution in [1.82, 2.24) is 15.7 Å². The molecule has 142 valence electrons. The number of nitriles is 1. The Morgan fingerprint density at radius 3 is 2.61 bits per heavy atom. The van der Waals surface area contributed by atoms with Crippen LogP contribution >= 0.6 is 11.3 Å². The number of anilines is 1. The first-order valence-corrected chi connectivity index (χ1v) is 9.79. The van der Waals surface area contributed by atoms with E-state index in [0.29, 0.717) is 30.0 Å². The first-order chi connectivity index (χ1) is 13.7. The number of nitrogens with zero attached hydrogens (tertiary/aromatic N) is 2. The van der Waals surface area contributed by atoms with E-state index < -0.39 is 0 Å². The van der Waals surface area contributed by atoms with Gasteiger partial charge in [-0.05, 0) is 37.1 Å². The van der Waals surface area contributed by atoms with Gasteiger partial charge in [-0.1, -0.05) is 30.3 Å². The van der Waals surface area contributed by atoms with Gasteiger partial charge in [-0.2, -0.15) is 5.26 Å². The van der Waals surface area contributed by atoms with Crippen LogP contribution in [0.15, 0.2) is 60.3 Å². The van der Waals surface area contributed by atoms with Crippen LogP contribution in [0.4, 0.5) is 5.69 Å². The SMILES string of the molecule is CC(=O)NCCC/C(NNc1ccccc1)=C(/C#N)c1nc2ccccc2s1. The second kappa shape index (κ2) is 9.53. The Balaban J connectivity index is 1.86. The van der Waals surface area contributed by atoms with Gasteiger partial charge >= 0.3 is 0 Å². The van der Waals surface area contributed by atoms with E-state index in [2.05, 4.69) is 27.2 Å². The third-order valence-corrected chi connectivity index (χ3v) is 5.08. The maximum absolute atomic E-state index is 11.1. The molecule has 28 heavy (non-hydrogen) atoms. The highest BCUT2D eigenvalue weighted by Crippen LogP contribution is 2.29. The molecule has 6 nitrogen and oxygen atoms in total. The predicted octanol–water partition coefficient (Wildman–Crippen LogP) is 4.06. The molecule has 0 fully saturated rings. The van der Waals surface area contributed by atoms with Gasteiger partial charge in [0.05, 0.1) is 21.6 Å². The molecule has 1 heterocycles. The summed E-state index contributed by atoms with van der Waals surface area (Å²) in [6, 6.07) is 19.8. The summed E-state index contributed by atoms with van der Waals surface area (Å²) in [5.74, 6) is -0.0624. The molecule has 0 atom stereocenters. The van der Waals surface area contributed by atoms with Crippen LogP contribution in [0.25, 0.3) is 15.8 Å². The number of rotatable bonds is 8. The number of amides is 1. The third-order valence-electron chi connectivity index (χ3n) is 4.03. The molecule has 0 aliphatic rings. The van der Waals surface area contributed by atoms with Crippen LogP contribution < -0.4 is 16.2 Å². The van der Waals surface area contributed by atoms with Crippen molar-refractivity contribution in [3.05, 3.63) is 65.3 Å². The van der Waals surface area contributed by atoms with Gasteiger partial charge in [0.25, 0.3) is 0 Å². The summed E-state index contributed by atoms with van der Waals surface area (Å²) in [5.41, 5.74) is 9.35. The molecule has 0 aliphatic heterocycles. The van der Waals surface area contributed by atoms with E-state index in [9.17, 15) is 10.1 Å². The fraction of sp³-hybridized carbons (Fsp3) is 0.190. The first-order valence-electron chi connectivity index (χ1n) is 8.98. The molecule has 3 aromatic rings. The van der Waals surface area contributed by atoms with Gasteiger partial charge < -0.3 is 16.2 Å². The smallest absolute Gasteiger partial charge is 0.216 e. The third kappa shape index (κ3) is 5.09. The minimum absolute atomic E-state index is 0.0624. The molecule has 7 heteroatoms. The maximum atomic E-state index is 11.1. The number of carbonyl (C=O) groups is 1. The summed E-state index contributed by atoms with van der Waals surface area (Å²) in [6.45, 7) is 2.04. The molecule has 1 aromatic heterocycles. The number of carbonyl (C=O) groups excluding carboxylic acids is 1. The molecule has 1 amide bonds. The zero-order valence-corrected chi connectivity index (χ0v) is 16.3. The fourth-order valence-electron chi connectivity index (χ4n) is 2.67. The number of hydrogen-bond acceptors (Lipinski definition) is 6. The number of aromatic nitrogens is 1. The largest absolute Gasteiger partial charge is 0.356 e. The van der Waals surface area contributed by atoms with Crippen molar-refractivity contribution in [1.29, 1.82) is 5.26 Å². The van der Waals surface area contributed by atoms with Crippen molar-refractivity contribution in [2.24, 2.45) is 0 Å². The lowest BCUT2D eigenvalue weighted by Gasteiger charge is -2.15. The lowest BCUT2D eigenvalue weighted by Crippen LogP contribution is -2.25. The molecule has 0 saturated heterocycles. The van der Waals surface area contributed by atoms with Gasteiger partial charge in [0.1, 0.15) is 16.6 Å². The van der Waals surface area contributed by atoms with Crippen LogP contribution in [-0.4, -0.2) is 17.4 Å². The Labute approximate surface area is 167 Å². The second-order valence-electron chi connectivity index (χ2n) is 6.15. The number of hydrogen-bond donors (Lipinski definition) is 3. The normalized spacial score (nSPS) is 11.4. The van der Waals surface area contributed by atoms with Crippen molar-refractivity contribution >= 4 is 38.7 Å². The molecule has 0 unspecified atom stereocenters. The molecule has 0 spiro atoms. The van der Waals surface area contributed by atoms with E-state index in [0.717, 1.165) is 21.6 Å². The molecular formula is C21H21N5OS. The van der Waals surface area contributed by atoms with Gasteiger partial charge in [-0.25, -0.2) is 4.98 Å². The van der Waals surface area contributed by atoms with Crippen molar-refractivity contribution in [3.8, 4) is 6.07 Å². The summed E-state index contributed by atoms with van der Waals surface area (Å²) in [5, 5.41) is 13.3. The fourth-order valence-corrected chi connectivity index (χ4v) is 3.66. The van der Waals surface area contributed by atoms with E-state index in [1.807, 2.05) is 54.6 Å².